The minimum atomic E-state index is -0.555. The van der Waals surface area contributed by atoms with E-state index in [0.717, 1.165) is 18.0 Å². The molecule has 0 aliphatic carbocycles. The van der Waals surface area contributed by atoms with E-state index in [1.807, 2.05) is 0 Å². The average molecular weight is 387 g/mol. The van der Waals surface area contributed by atoms with E-state index in [0.29, 0.717) is 28.3 Å². The lowest BCUT2D eigenvalue weighted by molar-refractivity contribution is -0.116. The number of fused-ring (bicyclic) bond motifs is 1. The van der Waals surface area contributed by atoms with E-state index in [1.165, 1.54) is 22.3 Å². The molecule has 0 bridgehead atoms. The van der Waals surface area contributed by atoms with Crippen molar-refractivity contribution in [1.29, 1.82) is 0 Å². The summed E-state index contributed by atoms with van der Waals surface area (Å²) in [5, 5.41) is 12.3. The van der Waals surface area contributed by atoms with Crippen molar-refractivity contribution in [3.63, 3.8) is 0 Å². The lowest BCUT2D eigenvalue weighted by atomic mass is 9.98. The quantitative estimate of drug-likeness (QED) is 0.740. The molecule has 2 atom stereocenters. The van der Waals surface area contributed by atoms with Gasteiger partial charge in [0.2, 0.25) is 16.2 Å². The smallest absolute Gasteiger partial charge is 0.408 e. The number of hydrogen-bond donors (Lipinski definition) is 1. The Labute approximate surface area is 159 Å². The van der Waals surface area contributed by atoms with Crippen LogP contribution in [0.3, 0.4) is 0 Å². The van der Waals surface area contributed by atoms with E-state index in [2.05, 4.69) is 34.3 Å². The van der Waals surface area contributed by atoms with E-state index >= 15 is 0 Å². The molecule has 142 valence electrons. The third kappa shape index (κ3) is 3.46. The number of amides is 1. The number of oxazole rings is 1. The highest BCUT2D eigenvalue weighted by molar-refractivity contribution is 7.19. The maximum absolute atomic E-state index is 12.4. The van der Waals surface area contributed by atoms with Gasteiger partial charge in [0.1, 0.15) is 6.54 Å². The maximum atomic E-state index is 12.4. The molecule has 0 radical (unpaired) electrons. The molecule has 1 aliphatic rings. The first kappa shape index (κ1) is 17.7. The summed E-state index contributed by atoms with van der Waals surface area (Å²) in [6.07, 6.45) is 3.47. The van der Waals surface area contributed by atoms with Gasteiger partial charge in [-0.15, -0.1) is 10.2 Å². The van der Waals surface area contributed by atoms with Crippen LogP contribution in [0.2, 0.25) is 0 Å². The molecule has 0 saturated carbocycles. The number of aromatic nitrogens is 3. The Kier molecular flexibility index (Phi) is 4.69. The number of para-hydroxylation sites is 2. The third-order valence-electron chi connectivity index (χ3n) is 4.95. The molecule has 1 saturated heterocycles. The molecular formula is C18H21N5O3S. The molecule has 27 heavy (non-hydrogen) atoms. The summed E-state index contributed by atoms with van der Waals surface area (Å²) in [4.78, 5) is 26.7. The topological polar surface area (TPSA) is 93.3 Å². The van der Waals surface area contributed by atoms with Crippen molar-refractivity contribution in [2.45, 2.75) is 51.7 Å². The molecule has 1 aromatic carbocycles. The third-order valence-corrected chi connectivity index (χ3v) is 5.80. The van der Waals surface area contributed by atoms with Gasteiger partial charge in [-0.05, 0) is 45.2 Å². The van der Waals surface area contributed by atoms with Gasteiger partial charge in [0, 0.05) is 12.1 Å². The van der Waals surface area contributed by atoms with Crippen molar-refractivity contribution < 1.29 is 9.21 Å². The molecule has 2 aromatic heterocycles. The largest absolute Gasteiger partial charge is 0.420 e. The molecule has 1 N–H and O–H groups in total. The van der Waals surface area contributed by atoms with Crippen molar-refractivity contribution in [3.05, 3.63) is 34.8 Å². The van der Waals surface area contributed by atoms with Gasteiger partial charge in [0.25, 0.3) is 0 Å². The van der Waals surface area contributed by atoms with Crippen molar-refractivity contribution in [1.82, 2.24) is 14.8 Å². The van der Waals surface area contributed by atoms with E-state index in [4.69, 9.17) is 4.42 Å². The Morgan fingerprint density at radius 3 is 2.78 bits per heavy atom. The number of benzene rings is 1. The summed E-state index contributed by atoms with van der Waals surface area (Å²) in [5.41, 5.74) is 1.05. The van der Waals surface area contributed by atoms with Crippen LogP contribution in [0.15, 0.2) is 33.5 Å². The highest BCUT2D eigenvalue weighted by Crippen LogP contribution is 2.32. The fraction of sp³-hybridized carbons (Fsp3) is 0.444. The second kappa shape index (κ2) is 7.15. The van der Waals surface area contributed by atoms with Crippen molar-refractivity contribution in [2.75, 3.05) is 10.2 Å². The first-order chi connectivity index (χ1) is 13.0. The summed E-state index contributed by atoms with van der Waals surface area (Å²) >= 11 is 1.36. The Bertz CT molecular complexity index is 1010. The number of nitrogens with one attached hydrogen (secondary N) is 1. The summed E-state index contributed by atoms with van der Waals surface area (Å²) in [6, 6.07) is 7.83. The van der Waals surface area contributed by atoms with E-state index in [9.17, 15) is 9.59 Å². The number of carbonyl (C=O) groups excluding carboxylic acids is 1. The first-order valence-corrected chi connectivity index (χ1v) is 9.84. The molecule has 1 aliphatic heterocycles. The first-order valence-electron chi connectivity index (χ1n) is 9.03. The normalized spacial score (nSPS) is 20.1. The van der Waals surface area contributed by atoms with Crippen LogP contribution in [0.4, 0.5) is 10.3 Å². The second-order valence-electron chi connectivity index (χ2n) is 6.90. The van der Waals surface area contributed by atoms with Crippen LogP contribution in [-0.4, -0.2) is 32.8 Å². The number of piperidine rings is 1. The van der Waals surface area contributed by atoms with Gasteiger partial charge >= 0.3 is 5.76 Å². The summed E-state index contributed by atoms with van der Waals surface area (Å²) in [5.74, 6) is -0.897. The number of hydrogen-bond acceptors (Lipinski definition) is 7. The number of carbonyl (C=O) groups is 1. The van der Waals surface area contributed by atoms with Gasteiger partial charge in [-0.2, -0.15) is 0 Å². The summed E-state index contributed by atoms with van der Waals surface area (Å²) in [6.45, 7) is 4.23. The van der Waals surface area contributed by atoms with Gasteiger partial charge in [0.15, 0.2) is 5.58 Å². The minimum Gasteiger partial charge on any atom is -0.408 e. The van der Waals surface area contributed by atoms with Gasteiger partial charge in [-0.25, -0.2) is 4.79 Å². The van der Waals surface area contributed by atoms with Gasteiger partial charge in [0.05, 0.1) is 5.52 Å². The molecule has 3 heterocycles. The number of anilines is 2. The molecule has 1 amide bonds. The minimum absolute atomic E-state index is 0.138. The Hall–Kier alpha value is -2.68. The van der Waals surface area contributed by atoms with Crippen LogP contribution in [0.1, 0.15) is 33.1 Å². The molecular weight excluding hydrogens is 366 g/mol. The van der Waals surface area contributed by atoms with Crippen molar-refractivity contribution in [3.8, 4) is 0 Å². The summed E-state index contributed by atoms with van der Waals surface area (Å²) < 4.78 is 6.46. The zero-order valence-corrected chi connectivity index (χ0v) is 16.0. The molecule has 0 unspecified atom stereocenters. The maximum Gasteiger partial charge on any atom is 0.420 e. The van der Waals surface area contributed by atoms with Gasteiger partial charge in [-0.3, -0.25) is 14.7 Å². The molecule has 1 fully saturated rings. The van der Waals surface area contributed by atoms with Gasteiger partial charge in [-0.1, -0.05) is 23.5 Å². The number of rotatable bonds is 4. The van der Waals surface area contributed by atoms with E-state index < -0.39 is 5.76 Å². The van der Waals surface area contributed by atoms with Crippen LogP contribution < -0.4 is 16.0 Å². The van der Waals surface area contributed by atoms with Crippen molar-refractivity contribution >= 4 is 38.6 Å². The molecule has 4 rings (SSSR count). The lowest BCUT2D eigenvalue weighted by Crippen LogP contribution is -2.43. The van der Waals surface area contributed by atoms with Crippen LogP contribution in [0, 0.1) is 0 Å². The monoisotopic (exact) mass is 387 g/mol. The van der Waals surface area contributed by atoms with Crippen LogP contribution in [-0.2, 0) is 11.3 Å². The summed E-state index contributed by atoms with van der Waals surface area (Å²) in [7, 11) is 0. The SMILES string of the molecule is C[C@@H]1CCC[C@H](C)N1c1nnc(NC(=O)Cn2c(=O)oc3ccccc32)s1. The second-order valence-corrected chi connectivity index (χ2v) is 7.85. The molecule has 3 aromatic rings. The standard InChI is InChI=1S/C18H21N5O3S/c1-11-6-5-7-12(2)23(11)17-21-20-16(27-17)19-15(24)10-22-13-8-3-4-9-14(13)26-18(22)25/h3-4,8-9,11-12H,5-7,10H2,1-2H3,(H,19,20,24)/t11-,12+. The number of nitrogens with zero attached hydrogens (tertiary/aromatic N) is 4. The Morgan fingerprint density at radius 1 is 1.26 bits per heavy atom. The fourth-order valence-corrected chi connectivity index (χ4v) is 4.60. The highest BCUT2D eigenvalue weighted by atomic mass is 32.1. The predicted octanol–water partition coefficient (Wildman–Crippen LogP) is 2.85. The molecule has 8 nitrogen and oxygen atoms in total. The highest BCUT2D eigenvalue weighted by Gasteiger charge is 2.27. The predicted molar refractivity (Wildman–Crippen MR) is 104 cm³/mol. The average Bonchev–Trinajstić information content (AvgIpc) is 3.20. The van der Waals surface area contributed by atoms with Crippen LogP contribution in [0.25, 0.3) is 11.1 Å². The zero-order valence-electron chi connectivity index (χ0n) is 15.2. The lowest BCUT2D eigenvalue weighted by Gasteiger charge is -2.38. The van der Waals surface area contributed by atoms with Crippen LogP contribution in [0.5, 0.6) is 0 Å². The van der Waals surface area contributed by atoms with E-state index in [-0.39, 0.29) is 12.5 Å². The Balaban J connectivity index is 1.48. The fourth-order valence-electron chi connectivity index (χ4n) is 3.63. The van der Waals surface area contributed by atoms with Gasteiger partial charge < -0.3 is 9.32 Å². The Morgan fingerprint density at radius 2 is 2.00 bits per heavy atom. The van der Waals surface area contributed by atoms with E-state index in [1.54, 1.807) is 24.3 Å². The molecule has 9 heteroatoms. The van der Waals surface area contributed by atoms with Crippen molar-refractivity contribution in [2.24, 2.45) is 0 Å². The zero-order chi connectivity index (χ0) is 19.0. The molecule has 0 spiro atoms. The van der Waals surface area contributed by atoms with Crippen LogP contribution >= 0.6 is 11.3 Å².